The Morgan fingerprint density at radius 3 is 2.79 bits per heavy atom. The molecule has 0 aromatic rings. The van der Waals surface area contributed by atoms with Gasteiger partial charge in [0, 0.05) is 30.8 Å². The van der Waals surface area contributed by atoms with E-state index in [0.29, 0.717) is 12.2 Å². The average Bonchev–Trinajstić information content (AvgIpc) is 3.16. The van der Waals surface area contributed by atoms with Crippen molar-refractivity contribution in [1.82, 2.24) is 10.2 Å². The lowest BCUT2D eigenvalue weighted by molar-refractivity contribution is -0.137. The minimum Gasteiger partial charge on any atom is -0.505 e. The van der Waals surface area contributed by atoms with Crippen LogP contribution in [0.4, 0.5) is 4.79 Å². The number of piperazine rings is 1. The van der Waals surface area contributed by atoms with E-state index in [0.717, 1.165) is 0 Å². The minimum absolute atomic E-state index is 0.00811. The number of ether oxygens (including phenoxy) is 2. The summed E-state index contributed by atoms with van der Waals surface area (Å²) in [6, 6.07) is 0.0569. The molecule has 0 aromatic carbocycles. The molecular formula is C15H17N3O6. The van der Waals surface area contributed by atoms with E-state index in [1.54, 1.807) is 4.90 Å². The van der Waals surface area contributed by atoms with Crippen LogP contribution in [0.25, 0.3) is 0 Å². The van der Waals surface area contributed by atoms with Gasteiger partial charge in [-0.15, -0.1) is 0 Å². The number of nitrogens with zero attached hydrogens (tertiary/aromatic N) is 1. The summed E-state index contributed by atoms with van der Waals surface area (Å²) in [6.07, 6.45) is -0.981. The molecule has 2 fully saturated rings. The van der Waals surface area contributed by atoms with Gasteiger partial charge >= 0.3 is 6.09 Å². The Bertz CT molecular complexity index is 756. The van der Waals surface area contributed by atoms with Crippen molar-refractivity contribution in [2.75, 3.05) is 20.3 Å². The monoisotopic (exact) mass is 335 g/mol. The second kappa shape index (κ2) is 4.58. The number of rotatable bonds is 3. The molecule has 3 aliphatic heterocycles. The summed E-state index contributed by atoms with van der Waals surface area (Å²) in [5.41, 5.74) is 4.49. The molecule has 24 heavy (non-hydrogen) atoms. The van der Waals surface area contributed by atoms with E-state index in [9.17, 15) is 19.5 Å². The standard InChI is InChI=1S/C15H17N3O6/c1-5-10(19)9-8(12(21)11(5)20)6(4-24-14(16)22)15(23-2)13-7(17-13)3-18(9)15/h6-7,13,17,19H,3-4H2,1-2H3,(H2,16,22). The fourth-order valence-electron chi connectivity index (χ4n) is 4.28. The highest BCUT2D eigenvalue weighted by Crippen LogP contribution is 2.56. The van der Waals surface area contributed by atoms with Crippen molar-refractivity contribution in [1.29, 1.82) is 0 Å². The van der Waals surface area contributed by atoms with Crippen LogP contribution in [-0.2, 0) is 19.1 Å². The van der Waals surface area contributed by atoms with Gasteiger partial charge in [-0.25, -0.2) is 4.79 Å². The molecule has 0 spiro atoms. The van der Waals surface area contributed by atoms with Gasteiger partial charge in [-0.1, -0.05) is 0 Å². The van der Waals surface area contributed by atoms with Crippen LogP contribution >= 0.6 is 0 Å². The summed E-state index contributed by atoms with van der Waals surface area (Å²) in [5.74, 6) is -2.41. The maximum atomic E-state index is 12.6. The number of carbonyl (C=O) groups excluding carboxylic acids is 3. The first-order valence-corrected chi connectivity index (χ1v) is 7.59. The number of ketones is 2. The number of amides is 1. The predicted molar refractivity (Wildman–Crippen MR) is 78.6 cm³/mol. The summed E-state index contributed by atoms with van der Waals surface area (Å²) in [4.78, 5) is 37.6. The van der Waals surface area contributed by atoms with Crippen molar-refractivity contribution in [3.8, 4) is 0 Å². The zero-order valence-electron chi connectivity index (χ0n) is 13.2. The van der Waals surface area contributed by atoms with Gasteiger partial charge in [0.1, 0.15) is 12.4 Å². The van der Waals surface area contributed by atoms with Gasteiger partial charge in [0.2, 0.25) is 11.6 Å². The van der Waals surface area contributed by atoms with Crippen LogP contribution < -0.4 is 11.1 Å². The zero-order chi connectivity index (χ0) is 17.4. The number of hydrogen-bond donors (Lipinski definition) is 3. The van der Waals surface area contributed by atoms with Crippen LogP contribution in [-0.4, -0.2) is 65.7 Å². The van der Waals surface area contributed by atoms with Gasteiger partial charge in [-0.2, -0.15) is 0 Å². The summed E-state index contributed by atoms with van der Waals surface area (Å²) in [6.45, 7) is 1.72. The Morgan fingerprint density at radius 2 is 2.17 bits per heavy atom. The predicted octanol–water partition coefficient (Wildman–Crippen LogP) is -1.05. The molecule has 1 amide bonds. The van der Waals surface area contributed by atoms with E-state index in [-0.39, 0.29) is 35.6 Å². The lowest BCUT2D eigenvalue weighted by atomic mass is 9.82. The summed E-state index contributed by atoms with van der Waals surface area (Å²) >= 11 is 0. The number of hydrogen-bond acceptors (Lipinski definition) is 8. The summed E-state index contributed by atoms with van der Waals surface area (Å²) < 4.78 is 10.7. The van der Waals surface area contributed by atoms with Crippen LogP contribution in [0.3, 0.4) is 0 Å². The molecule has 128 valence electrons. The zero-order valence-corrected chi connectivity index (χ0v) is 13.2. The van der Waals surface area contributed by atoms with Crippen LogP contribution in [0.2, 0.25) is 0 Å². The molecule has 0 saturated carbocycles. The van der Waals surface area contributed by atoms with Crippen molar-refractivity contribution in [2.45, 2.75) is 24.7 Å². The SMILES string of the molecule is COC12C(COC(N)=O)C3=C(C(O)=C(C)C(=O)C3=O)N1CC1NC12. The molecule has 9 nitrogen and oxygen atoms in total. The number of aliphatic hydroxyl groups is 1. The van der Waals surface area contributed by atoms with Gasteiger partial charge < -0.3 is 30.5 Å². The number of fused-ring (bicyclic) bond motifs is 4. The van der Waals surface area contributed by atoms with E-state index in [2.05, 4.69) is 5.32 Å². The highest BCUT2D eigenvalue weighted by Gasteiger charge is 2.72. The van der Waals surface area contributed by atoms with Crippen molar-refractivity contribution in [2.24, 2.45) is 11.7 Å². The molecule has 4 atom stereocenters. The Morgan fingerprint density at radius 1 is 1.46 bits per heavy atom. The van der Waals surface area contributed by atoms with Gasteiger partial charge in [0.25, 0.3) is 0 Å². The lowest BCUT2D eigenvalue weighted by Crippen LogP contribution is -2.55. The van der Waals surface area contributed by atoms with Gasteiger partial charge in [0.05, 0.1) is 17.7 Å². The first-order chi connectivity index (χ1) is 11.3. The van der Waals surface area contributed by atoms with E-state index in [1.165, 1.54) is 14.0 Å². The van der Waals surface area contributed by atoms with Crippen LogP contribution in [0.5, 0.6) is 0 Å². The number of nitrogens with one attached hydrogen (secondary N) is 1. The third kappa shape index (κ3) is 1.58. The highest BCUT2D eigenvalue weighted by molar-refractivity contribution is 6.50. The average molecular weight is 335 g/mol. The van der Waals surface area contributed by atoms with E-state index in [4.69, 9.17) is 15.2 Å². The topological polar surface area (TPSA) is 141 Å². The molecular weight excluding hydrogens is 318 g/mol. The Balaban J connectivity index is 1.87. The fraction of sp³-hybridized carbons (Fsp3) is 0.533. The molecule has 4 N–H and O–H groups in total. The molecule has 3 heterocycles. The molecule has 4 aliphatic rings. The molecule has 4 rings (SSSR count). The highest BCUT2D eigenvalue weighted by atomic mass is 16.6. The largest absolute Gasteiger partial charge is 0.505 e. The van der Waals surface area contributed by atoms with E-state index in [1.807, 2.05) is 0 Å². The number of Topliss-reactive ketones (excluding diaryl/α,β-unsaturated/α-hetero) is 2. The summed E-state index contributed by atoms with van der Waals surface area (Å²) in [5, 5.41) is 13.7. The molecule has 1 aliphatic carbocycles. The van der Waals surface area contributed by atoms with Crippen molar-refractivity contribution < 1.29 is 29.0 Å². The normalized spacial score (nSPS) is 36.8. The number of allylic oxidation sites excluding steroid dienone is 1. The van der Waals surface area contributed by atoms with Crippen LogP contribution in [0.15, 0.2) is 22.6 Å². The molecule has 4 unspecified atom stereocenters. The van der Waals surface area contributed by atoms with Crippen molar-refractivity contribution >= 4 is 17.7 Å². The smallest absolute Gasteiger partial charge is 0.404 e. The molecule has 0 aromatic heterocycles. The number of carbonyl (C=O) groups is 3. The Kier molecular flexibility index (Phi) is 2.89. The first kappa shape index (κ1) is 15.2. The van der Waals surface area contributed by atoms with Gasteiger partial charge in [0.15, 0.2) is 5.72 Å². The molecule has 2 saturated heterocycles. The quantitative estimate of drug-likeness (QED) is 0.337. The van der Waals surface area contributed by atoms with Crippen molar-refractivity contribution in [3.63, 3.8) is 0 Å². The molecule has 0 bridgehead atoms. The number of nitrogens with two attached hydrogens (primary N) is 1. The van der Waals surface area contributed by atoms with Gasteiger partial charge in [-0.3, -0.25) is 9.59 Å². The lowest BCUT2D eigenvalue weighted by Gasteiger charge is -2.39. The third-order valence-electron chi connectivity index (χ3n) is 5.40. The van der Waals surface area contributed by atoms with Crippen LogP contribution in [0.1, 0.15) is 6.92 Å². The Hall–Kier alpha value is -2.39. The number of primary amides is 1. The summed E-state index contributed by atoms with van der Waals surface area (Å²) in [7, 11) is 1.49. The Labute approximate surface area is 137 Å². The number of aliphatic hydroxyl groups excluding tert-OH is 1. The minimum atomic E-state index is -1.00. The molecule has 0 radical (unpaired) electrons. The second-order valence-electron chi connectivity index (χ2n) is 6.39. The van der Waals surface area contributed by atoms with Gasteiger partial charge in [-0.05, 0) is 6.92 Å². The fourth-order valence-corrected chi connectivity index (χ4v) is 4.28. The molecule has 9 heteroatoms. The van der Waals surface area contributed by atoms with Crippen LogP contribution in [0, 0.1) is 5.92 Å². The maximum Gasteiger partial charge on any atom is 0.404 e. The number of methoxy groups -OCH3 is 1. The van der Waals surface area contributed by atoms with Crippen molar-refractivity contribution in [3.05, 3.63) is 22.6 Å². The van der Waals surface area contributed by atoms with E-state index < -0.39 is 29.3 Å². The van der Waals surface area contributed by atoms with E-state index >= 15 is 0 Å². The third-order valence-corrected chi connectivity index (χ3v) is 5.40. The maximum absolute atomic E-state index is 12.6. The first-order valence-electron chi connectivity index (χ1n) is 7.59. The second-order valence-corrected chi connectivity index (χ2v) is 6.39.